The summed E-state index contributed by atoms with van der Waals surface area (Å²) in [5, 5.41) is 3.68. The molecule has 0 spiro atoms. The third-order valence-corrected chi connectivity index (χ3v) is 4.40. The second kappa shape index (κ2) is 5.93. The Bertz CT molecular complexity index is 427. The molecule has 1 N–H and O–H groups in total. The zero-order chi connectivity index (χ0) is 13.1. The van der Waals surface area contributed by atoms with Gasteiger partial charge < -0.3 is 15.0 Å². The van der Waals surface area contributed by atoms with Gasteiger partial charge in [-0.15, -0.1) is 0 Å². The van der Waals surface area contributed by atoms with Crippen LogP contribution in [0, 0.1) is 0 Å². The number of hydrogen-bond acceptors (Lipinski definition) is 3. The Morgan fingerprint density at radius 1 is 1.26 bits per heavy atom. The number of hydrogen-bond donors (Lipinski definition) is 1. The maximum Gasteiger partial charge on any atom is 0.119 e. The van der Waals surface area contributed by atoms with Crippen molar-refractivity contribution in [2.24, 2.45) is 0 Å². The molecule has 19 heavy (non-hydrogen) atoms. The van der Waals surface area contributed by atoms with E-state index in [2.05, 4.69) is 28.4 Å². The summed E-state index contributed by atoms with van der Waals surface area (Å²) in [6.45, 7) is 4.77. The first kappa shape index (κ1) is 12.9. The fourth-order valence-corrected chi connectivity index (χ4v) is 3.32. The van der Waals surface area contributed by atoms with Crippen molar-refractivity contribution in [2.75, 3.05) is 33.3 Å². The summed E-state index contributed by atoms with van der Waals surface area (Å²) in [6.07, 6.45) is 5.25. The maximum atomic E-state index is 5.33. The number of methoxy groups -OCH3 is 1. The third kappa shape index (κ3) is 2.93. The second-order valence-electron chi connectivity index (χ2n) is 5.68. The number of benzene rings is 1. The van der Waals surface area contributed by atoms with Crippen LogP contribution in [0.2, 0.25) is 0 Å². The van der Waals surface area contributed by atoms with Crippen LogP contribution in [0.5, 0.6) is 5.75 Å². The van der Waals surface area contributed by atoms with Crippen LogP contribution in [0.1, 0.15) is 36.4 Å². The molecule has 2 aliphatic heterocycles. The molecule has 0 aromatic heterocycles. The van der Waals surface area contributed by atoms with E-state index in [0.29, 0.717) is 6.04 Å². The average Bonchev–Trinajstić information content (AvgIpc) is 2.48. The number of nitrogens with one attached hydrogen (secondary N) is 1. The molecule has 1 unspecified atom stereocenters. The Balaban J connectivity index is 1.74. The van der Waals surface area contributed by atoms with Gasteiger partial charge in [0, 0.05) is 12.6 Å². The summed E-state index contributed by atoms with van der Waals surface area (Å²) in [5.74, 6) is 0.984. The van der Waals surface area contributed by atoms with E-state index in [4.69, 9.17) is 4.74 Å². The second-order valence-corrected chi connectivity index (χ2v) is 5.68. The quantitative estimate of drug-likeness (QED) is 0.903. The maximum absolute atomic E-state index is 5.33. The molecule has 0 saturated carbocycles. The lowest BCUT2D eigenvalue weighted by Crippen LogP contribution is -2.41. The summed E-state index contributed by atoms with van der Waals surface area (Å²) in [6, 6.07) is 7.04. The molecule has 1 aromatic rings. The predicted octanol–water partition coefficient (Wildman–Crippen LogP) is 2.37. The lowest BCUT2D eigenvalue weighted by atomic mass is 9.93. The first-order chi connectivity index (χ1) is 9.36. The molecule has 1 fully saturated rings. The summed E-state index contributed by atoms with van der Waals surface area (Å²) >= 11 is 0. The van der Waals surface area contributed by atoms with Crippen LogP contribution >= 0.6 is 0 Å². The minimum atomic E-state index is 0.493. The van der Waals surface area contributed by atoms with E-state index >= 15 is 0 Å². The normalized spacial score (nSPS) is 23.9. The Morgan fingerprint density at radius 3 is 2.89 bits per heavy atom. The molecule has 0 bridgehead atoms. The van der Waals surface area contributed by atoms with Gasteiger partial charge in [-0.3, -0.25) is 0 Å². The lowest BCUT2D eigenvalue weighted by molar-refractivity contribution is 0.203. The Morgan fingerprint density at radius 2 is 2.11 bits per heavy atom. The van der Waals surface area contributed by atoms with Crippen LogP contribution in [-0.4, -0.2) is 38.2 Å². The monoisotopic (exact) mass is 260 g/mol. The van der Waals surface area contributed by atoms with Crippen LogP contribution in [-0.2, 0) is 6.42 Å². The Hall–Kier alpha value is -1.06. The number of fused-ring (bicyclic) bond motifs is 1. The van der Waals surface area contributed by atoms with Gasteiger partial charge in [0.2, 0.25) is 0 Å². The first-order valence-electron chi connectivity index (χ1n) is 7.49. The zero-order valence-electron chi connectivity index (χ0n) is 11.8. The van der Waals surface area contributed by atoms with E-state index in [1.165, 1.54) is 43.5 Å². The van der Waals surface area contributed by atoms with E-state index in [0.717, 1.165) is 25.3 Å². The summed E-state index contributed by atoms with van der Waals surface area (Å²) in [5.41, 5.74) is 2.93. The average molecular weight is 260 g/mol. The van der Waals surface area contributed by atoms with Gasteiger partial charge in [0.05, 0.1) is 7.11 Å². The molecule has 104 valence electrons. The Labute approximate surface area is 115 Å². The standard InChI is InChI=1S/C16H24N2O/c1-19-14-5-6-15-13(11-14)7-8-17-16(15)12-18-9-3-2-4-10-18/h5-6,11,16-17H,2-4,7-10,12H2,1H3. The van der Waals surface area contributed by atoms with Crippen LogP contribution in [0.25, 0.3) is 0 Å². The van der Waals surface area contributed by atoms with Gasteiger partial charge >= 0.3 is 0 Å². The van der Waals surface area contributed by atoms with Crippen LogP contribution in [0.4, 0.5) is 0 Å². The highest BCUT2D eigenvalue weighted by Gasteiger charge is 2.23. The first-order valence-corrected chi connectivity index (χ1v) is 7.49. The van der Waals surface area contributed by atoms with Crippen molar-refractivity contribution in [1.82, 2.24) is 10.2 Å². The zero-order valence-corrected chi connectivity index (χ0v) is 11.8. The van der Waals surface area contributed by atoms with Crippen molar-refractivity contribution in [3.05, 3.63) is 29.3 Å². The van der Waals surface area contributed by atoms with Crippen molar-refractivity contribution in [3.63, 3.8) is 0 Å². The fourth-order valence-electron chi connectivity index (χ4n) is 3.32. The minimum absolute atomic E-state index is 0.493. The van der Waals surface area contributed by atoms with Gasteiger partial charge in [0.15, 0.2) is 0 Å². The molecule has 2 heterocycles. The molecule has 1 saturated heterocycles. The third-order valence-electron chi connectivity index (χ3n) is 4.40. The van der Waals surface area contributed by atoms with E-state index in [-0.39, 0.29) is 0 Å². The molecule has 3 nitrogen and oxygen atoms in total. The molecule has 2 aliphatic rings. The lowest BCUT2D eigenvalue weighted by Gasteiger charge is -2.34. The Kier molecular flexibility index (Phi) is 4.04. The molecule has 0 amide bonds. The molecule has 3 heteroatoms. The van der Waals surface area contributed by atoms with Crippen LogP contribution in [0.3, 0.4) is 0 Å². The van der Waals surface area contributed by atoms with Crippen molar-refractivity contribution in [1.29, 1.82) is 0 Å². The van der Waals surface area contributed by atoms with E-state index in [1.54, 1.807) is 7.11 Å². The topological polar surface area (TPSA) is 24.5 Å². The number of rotatable bonds is 3. The van der Waals surface area contributed by atoms with Crippen molar-refractivity contribution in [2.45, 2.75) is 31.7 Å². The van der Waals surface area contributed by atoms with E-state index in [1.807, 2.05) is 0 Å². The van der Waals surface area contributed by atoms with Gasteiger partial charge in [0.25, 0.3) is 0 Å². The summed E-state index contributed by atoms with van der Waals surface area (Å²) < 4.78 is 5.33. The molecule has 0 radical (unpaired) electrons. The number of nitrogens with zero attached hydrogens (tertiary/aromatic N) is 1. The largest absolute Gasteiger partial charge is 0.497 e. The van der Waals surface area contributed by atoms with Gasteiger partial charge in [-0.1, -0.05) is 12.5 Å². The van der Waals surface area contributed by atoms with Gasteiger partial charge in [-0.2, -0.15) is 0 Å². The van der Waals surface area contributed by atoms with Gasteiger partial charge in [0.1, 0.15) is 5.75 Å². The van der Waals surface area contributed by atoms with E-state index in [9.17, 15) is 0 Å². The fraction of sp³-hybridized carbons (Fsp3) is 0.625. The van der Waals surface area contributed by atoms with Gasteiger partial charge in [-0.25, -0.2) is 0 Å². The molecule has 0 aliphatic carbocycles. The van der Waals surface area contributed by atoms with Crippen molar-refractivity contribution >= 4 is 0 Å². The van der Waals surface area contributed by atoms with Crippen LogP contribution < -0.4 is 10.1 Å². The number of ether oxygens (including phenoxy) is 1. The highest BCUT2D eigenvalue weighted by atomic mass is 16.5. The van der Waals surface area contributed by atoms with Gasteiger partial charge in [-0.05, 0) is 62.2 Å². The highest BCUT2D eigenvalue weighted by Crippen LogP contribution is 2.27. The molecule has 1 atom stereocenters. The molecular formula is C16H24N2O. The molecule has 1 aromatic carbocycles. The van der Waals surface area contributed by atoms with Crippen molar-refractivity contribution in [3.8, 4) is 5.75 Å². The molecular weight excluding hydrogens is 236 g/mol. The predicted molar refractivity (Wildman–Crippen MR) is 77.7 cm³/mol. The number of likely N-dealkylation sites (tertiary alicyclic amines) is 1. The smallest absolute Gasteiger partial charge is 0.119 e. The number of piperidine rings is 1. The summed E-state index contributed by atoms with van der Waals surface area (Å²) in [7, 11) is 1.74. The minimum Gasteiger partial charge on any atom is -0.497 e. The molecule has 3 rings (SSSR count). The SMILES string of the molecule is COc1ccc2c(c1)CCNC2CN1CCCCC1. The van der Waals surface area contributed by atoms with Crippen LogP contribution in [0.15, 0.2) is 18.2 Å². The van der Waals surface area contributed by atoms with Crippen molar-refractivity contribution < 1.29 is 4.74 Å². The van der Waals surface area contributed by atoms with E-state index < -0.39 is 0 Å². The highest BCUT2D eigenvalue weighted by molar-refractivity contribution is 5.39. The summed E-state index contributed by atoms with van der Waals surface area (Å²) in [4.78, 5) is 2.61.